The lowest BCUT2D eigenvalue weighted by Crippen LogP contribution is -2.69. The van der Waals surface area contributed by atoms with Crippen LogP contribution in [0, 0.1) is 19.8 Å². The van der Waals surface area contributed by atoms with E-state index in [-0.39, 0.29) is 55.0 Å². The molecule has 348 valence electrons. The van der Waals surface area contributed by atoms with E-state index in [1.54, 1.807) is 20.0 Å². The highest BCUT2D eigenvalue weighted by molar-refractivity contribution is 5.95. The van der Waals surface area contributed by atoms with Gasteiger partial charge in [-0.15, -0.1) is 5.10 Å². The number of amides is 4. The molecule has 2 saturated heterocycles. The molecule has 4 fully saturated rings. The van der Waals surface area contributed by atoms with Gasteiger partial charge in [0.05, 0.1) is 42.6 Å². The Morgan fingerprint density at radius 1 is 0.905 bits per heavy atom. The molecule has 2 saturated carbocycles. The van der Waals surface area contributed by atoms with Crippen molar-refractivity contribution in [1.82, 2.24) is 36.3 Å². The SMILES string of the molecule is Cc1cc(C(=O)NC[C@@H](O)[C@@H](O)[C@@H]2O[C@@](OC3CCCCC3NC(=O)CNC(=O)CC3CCOCC3)(C(=O)O)C[C@H](O)[C@H]2NC(=O)Cn2cc(C3CCCCC3)nn2)cc(C)c1O. The van der Waals surface area contributed by atoms with Gasteiger partial charge in [0.25, 0.3) is 11.7 Å². The Kier molecular flexibility index (Phi) is 16.5. The predicted molar refractivity (Wildman–Crippen MR) is 222 cm³/mol. The normalized spacial score (nSPS) is 26.8. The molecule has 2 aliphatic carbocycles. The molecular formula is C43H63N7O13. The van der Waals surface area contributed by atoms with Crippen LogP contribution in [0.2, 0.25) is 0 Å². The molecule has 1 aromatic heterocycles. The van der Waals surface area contributed by atoms with Crippen LogP contribution < -0.4 is 21.3 Å². The largest absolute Gasteiger partial charge is 0.507 e. The summed E-state index contributed by atoms with van der Waals surface area (Å²) < 4.78 is 19.0. The number of nitrogens with zero attached hydrogens (tertiary/aromatic N) is 3. The van der Waals surface area contributed by atoms with Gasteiger partial charge in [-0.3, -0.25) is 19.2 Å². The highest BCUT2D eigenvalue weighted by Gasteiger charge is 2.57. The molecule has 2 aliphatic heterocycles. The number of carbonyl (C=O) groups is 5. The van der Waals surface area contributed by atoms with E-state index in [4.69, 9.17) is 14.2 Å². The number of hydrogen-bond acceptors (Lipinski definition) is 14. The molecule has 1 aromatic carbocycles. The van der Waals surface area contributed by atoms with Crippen LogP contribution in [0.4, 0.5) is 0 Å². The molecule has 3 heterocycles. The second-order valence-electron chi connectivity index (χ2n) is 17.6. The molecule has 8 atom stereocenters. The Bertz CT molecular complexity index is 1900. The fourth-order valence-corrected chi connectivity index (χ4v) is 9.14. The maximum atomic E-state index is 13.5. The number of benzene rings is 1. The zero-order valence-electron chi connectivity index (χ0n) is 36.0. The van der Waals surface area contributed by atoms with Crippen molar-refractivity contribution in [2.24, 2.45) is 5.92 Å². The fraction of sp³-hybridized carbons (Fsp3) is 0.698. The predicted octanol–water partition coefficient (Wildman–Crippen LogP) is 0.592. The number of aliphatic hydroxyl groups excluding tert-OH is 3. The zero-order chi connectivity index (χ0) is 45.3. The fourth-order valence-electron chi connectivity index (χ4n) is 9.14. The number of aryl methyl sites for hydroxylation is 2. The number of nitrogens with one attached hydrogen (secondary N) is 4. The summed E-state index contributed by atoms with van der Waals surface area (Å²) in [6, 6.07) is 0.683. The molecule has 20 heteroatoms. The average molecular weight is 886 g/mol. The molecule has 6 rings (SSSR count). The number of ether oxygens (including phenoxy) is 3. The quantitative estimate of drug-likeness (QED) is 0.105. The number of carbonyl (C=O) groups excluding carboxylic acids is 4. The summed E-state index contributed by atoms with van der Waals surface area (Å²) >= 11 is 0. The van der Waals surface area contributed by atoms with Gasteiger partial charge in [-0.2, -0.15) is 0 Å². The molecule has 63 heavy (non-hydrogen) atoms. The van der Waals surface area contributed by atoms with Crippen LogP contribution in [0.3, 0.4) is 0 Å². The molecule has 0 spiro atoms. The van der Waals surface area contributed by atoms with Crippen molar-refractivity contribution < 1.29 is 63.7 Å². The summed E-state index contributed by atoms with van der Waals surface area (Å²) in [5.41, 5.74) is 1.81. The van der Waals surface area contributed by atoms with Crippen LogP contribution in [0.25, 0.3) is 0 Å². The second-order valence-corrected chi connectivity index (χ2v) is 17.6. The van der Waals surface area contributed by atoms with Crippen molar-refractivity contribution in [2.45, 2.75) is 158 Å². The van der Waals surface area contributed by atoms with E-state index in [2.05, 4.69) is 31.6 Å². The summed E-state index contributed by atoms with van der Waals surface area (Å²) in [4.78, 5) is 65.5. The van der Waals surface area contributed by atoms with Crippen LogP contribution in [0.5, 0.6) is 5.75 Å². The van der Waals surface area contributed by atoms with Crippen LogP contribution in [-0.2, 0) is 39.9 Å². The van der Waals surface area contributed by atoms with E-state index < -0.39 is 85.0 Å². The lowest BCUT2D eigenvalue weighted by Gasteiger charge is -2.48. The first-order chi connectivity index (χ1) is 30.1. The third-order valence-electron chi connectivity index (χ3n) is 12.7. The Hall–Kier alpha value is -4.73. The van der Waals surface area contributed by atoms with Gasteiger partial charge >= 0.3 is 5.97 Å². The Balaban J connectivity index is 1.16. The minimum absolute atomic E-state index is 0.0211. The first-order valence-corrected chi connectivity index (χ1v) is 22.2. The van der Waals surface area contributed by atoms with Crippen molar-refractivity contribution in [3.05, 3.63) is 40.7 Å². The van der Waals surface area contributed by atoms with E-state index in [0.717, 1.165) is 50.6 Å². The van der Waals surface area contributed by atoms with Crippen molar-refractivity contribution >= 4 is 29.6 Å². The molecule has 2 unspecified atom stereocenters. The van der Waals surface area contributed by atoms with Gasteiger partial charge in [0.2, 0.25) is 17.7 Å². The Morgan fingerprint density at radius 2 is 1.59 bits per heavy atom. The minimum Gasteiger partial charge on any atom is -0.507 e. The van der Waals surface area contributed by atoms with Crippen LogP contribution in [-0.4, -0.2) is 145 Å². The van der Waals surface area contributed by atoms with Gasteiger partial charge < -0.3 is 61.0 Å². The van der Waals surface area contributed by atoms with E-state index in [0.29, 0.717) is 43.6 Å². The second kappa shape index (κ2) is 21.8. The van der Waals surface area contributed by atoms with Crippen molar-refractivity contribution in [1.29, 1.82) is 0 Å². The van der Waals surface area contributed by atoms with Gasteiger partial charge in [-0.1, -0.05) is 37.3 Å². The van der Waals surface area contributed by atoms with Gasteiger partial charge in [-0.05, 0) is 81.5 Å². The molecule has 9 N–H and O–H groups in total. The first-order valence-electron chi connectivity index (χ1n) is 22.2. The summed E-state index contributed by atoms with van der Waals surface area (Å²) in [6.45, 7) is 3.19. The number of carboxylic acids is 1. The summed E-state index contributed by atoms with van der Waals surface area (Å²) in [7, 11) is 0. The smallest absolute Gasteiger partial charge is 0.364 e. The van der Waals surface area contributed by atoms with Crippen molar-refractivity contribution in [3.8, 4) is 5.75 Å². The monoisotopic (exact) mass is 885 g/mol. The highest BCUT2D eigenvalue weighted by Crippen LogP contribution is 2.37. The standard InChI is InChI=1S/C43H63N7O13/c1-24-16-28(17-25(2)38(24)56)41(58)45-20-32(52)39(57)40-37(47-36(55)23-50-22-30(48-49-50)27-8-4-3-5-9-27)31(51)19-43(63-40,42(59)60)62-33-11-7-6-10-29(33)46-35(54)21-44-34(53)18-26-12-14-61-15-13-26/h16-17,22,26-27,29,31-33,37,39-40,51-52,56-57H,3-15,18-21,23H2,1-2H3,(H,44,53)(H,45,58)(H,46,54)(H,47,55)(H,59,60)/t29?,31-,32+,33?,37+,39+,40+,43+/m0/s1. The summed E-state index contributed by atoms with van der Waals surface area (Å²) in [5.74, 6) is -6.01. The number of aromatic hydroxyl groups is 1. The third kappa shape index (κ3) is 12.5. The Morgan fingerprint density at radius 3 is 2.29 bits per heavy atom. The van der Waals surface area contributed by atoms with Gasteiger partial charge in [0, 0.05) is 50.3 Å². The van der Waals surface area contributed by atoms with E-state index in [9.17, 15) is 49.5 Å². The highest BCUT2D eigenvalue weighted by atomic mass is 16.7. The van der Waals surface area contributed by atoms with Gasteiger partial charge in [0.1, 0.15) is 24.5 Å². The molecule has 4 aliphatic rings. The van der Waals surface area contributed by atoms with E-state index in [1.807, 2.05) is 0 Å². The number of phenolic OH excluding ortho intramolecular Hbond substituents is 1. The molecule has 2 aromatic rings. The lowest BCUT2D eigenvalue weighted by atomic mass is 9.87. The Labute approximate surface area is 365 Å². The summed E-state index contributed by atoms with van der Waals surface area (Å²) in [6.07, 6.45) is 1.57. The number of rotatable bonds is 17. The molecule has 4 amide bonds. The third-order valence-corrected chi connectivity index (χ3v) is 12.7. The number of aliphatic hydroxyl groups is 3. The molecule has 20 nitrogen and oxygen atoms in total. The number of hydrogen-bond donors (Lipinski definition) is 9. The molecular weight excluding hydrogens is 823 g/mol. The van der Waals surface area contributed by atoms with Gasteiger partial charge in [-0.25, -0.2) is 9.48 Å². The van der Waals surface area contributed by atoms with E-state index in [1.165, 1.54) is 16.8 Å². The zero-order valence-corrected chi connectivity index (χ0v) is 36.0. The average Bonchev–Trinajstić information content (AvgIpc) is 3.73. The maximum absolute atomic E-state index is 13.5. The maximum Gasteiger partial charge on any atom is 0.364 e. The minimum atomic E-state index is -2.64. The van der Waals surface area contributed by atoms with Crippen molar-refractivity contribution in [2.75, 3.05) is 26.3 Å². The topological polar surface area (TPSA) is 293 Å². The van der Waals surface area contributed by atoms with Crippen LogP contribution in [0.1, 0.15) is 117 Å². The molecule has 0 bridgehead atoms. The first kappa shape index (κ1) is 47.7. The van der Waals surface area contributed by atoms with Crippen LogP contribution in [0.15, 0.2) is 18.3 Å². The lowest BCUT2D eigenvalue weighted by molar-refractivity contribution is -0.325. The number of phenols is 1. The van der Waals surface area contributed by atoms with E-state index >= 15 is 0 Å². The van der Waals surface area contributed by atoms with Crippen molar-refractivity contribution in [3.63, 3.8) is 0 Å². The number of aliphatic carboxylic acids is 1. The summed E-state index contributed by atoms with van der Waals surface area (Å²) in [5, 5.41) is 74.6. The number of carboxylic acid groups (broad SMARTS) is 1. The van der Waals surface area contributed by atoms with Gasteiger partial charge in [0.15, 0.2) is 0 Å². The van der Waals surface area contributed by atoms with Crippen LogP contribution >= 0.6 is 0 Å². The molecule has 0 radical (unpaired) electrons. The number of aromatic nitrogens is 3.